The van der Waals surface area contributed by atoms with Crippen LogP contribution in [-0.4, -0.2) is 20.6 Å². The molecule has 0 aliphatic heterocycles. The van der Waals surface area contributed by atoms with Crippen molar-refractivity contribution in [2.75, 3.05) is 10.6 Å². The molecular formula is C27H30Cl2N2O3S. The van der Waals surface area contributed by atoms with E-state index in [1.807, 2.05) is 19.1 Å². The van der Waals surface area contributed by atoms with Crippen molar-refractivity contribution >= 4 is 44.8 Å². The zero-order chi connectivity index (χ0) is 26.0. The van der Waals surface area contributed by atoms with Crippen molar-refractivity contribution in [2.24, 2.45) is 0 Å². The maximum atomic E-state index is 12.8. The number of benzene rings is 3. The standard InChI is InChI=1S/C27H30Cl2N2O3S/c1-18(20-13-15-22(16-14-20)27(2,3)4)30-26(32)21-11-9-19(10-12-21)17-31(35(5,33)34)24-8-6-7-23(28)25(24)29/h6-16,18H,17H2,1-5H3,(H,30,32)/t18-/m1/s1. The number of carbonyl (C=O) groups is 1. The van der Waals surface area contributed by atoms with Crippen LogP contribution in [0.15, 0.2) is 66.7 Å². The normalized spacial score (nSPS) is 12.8. The molecule has 0 aromatic heterocycles. The summed E-state index contributed by atoms with van der Waals surface area (Å²) in [6.45, 7) is 8.48. The molecule has 0 unspecified atom stereocenters. The molecule has 3 aromatic rings. The maximum Gasteiger partial charge on any atom is 0.251 e. The lowest BCUT2D eigenvalue weighted by Gasteiger charge is -2.24. The largest absolute Gasteiger partial charge is 0.346 e. The third kappa shape index (κ3) is 6.78. The van der Waals surface area contributed by atoms with E-state index in [-0.39, 0.29) is 34.0 Å². The molecule has 35 heavy (non-hydrogen) atoms. The Balaban J connectivity index is 1.73. The van der Waals surface area contributed by atoms with E-state index < -0.39 is 10.0 Å². The van der Waals surface area contributed by atoms with Crippen LogP contribution in [0.4, 0.5) is 5.69 Å². The van der Waals surface area contributed by atoms with Gasteiger partial charge in [0.05, 0.1) is 34.6 Å². The number of amides is 1. The summed E-state index contributed by atoms with van der Waals surface area (Å²) in [7, 11) is -3.63. The van der Waals surface area contributed by atoms with E-state index in [1.54, 1.807) is 42.5 Å². The molecule has 0 fully saturated rings. The average Bonchev–Trinajstić information content (AvgIpc) is 2.78. The smallest absolute Gasteiger partial charge is 0.251 e. The van der Waals surface area contributed by atoms with E-state index in [1.165, 1.54) is 9.87 Å². The Labute approximate surface area is 218 Å². The molecule has 0 spiro atoms. The quantitative estimate of drug-likeness (QED) is 0.366. The second-order valence-electron chi connectivity index (χ2n) is 9.61. The number of halogens is 2. The molecule has 3 rings (SSSR count). The van der Waals surface area contributed by atoms with Gasteiger partial charge in [0.25, 0.3) is 5.91 Å². The van der Waals surface area contributed by atoms with Crippen LogP contribution in [0.3, 0.4) is 0 Å². The summed E-state index contributed by atoms with van der Waals surface area (Å²) in [5, 5.41) is 3.45. The van der Waals surface area contributed by atoms with Crippen molar-refractivity contribution in [1.29, 1.82) is 0 Å². The Hall–Kier alpha value is -2.54. The lowest BCUT2D eigenvalue weighted by atomic mass is 9.86. The number of sulfonamides is 1. The molecule has 0 radical (unpaired) electrons. The van der Waals surface area contributed by atoms with Gasteiger partial charge in [-0.15, -0.1) is 0 Å². The van der Waals surface area contributed by atoms with Crippen molar-refractivity contribution in [1.82, 2.24) is 5.32 Å². The third-order valence-corrected chi connectivity index (χ3v) is 7.70. The van der Waals surface area contributed by atoms with Gasteiger partial charge in [0.2, 0.25) is 10.0 Å². The SMILES string of the molecule is C[C@@H](NC(=O)c1ccc(CN(c2cccc(Cl)c2Cl)S(C)(=O)=O)cc1)c1ccc(C(C)(C)C)cc1. The van der Waals surface area contributed by atoms with Crippen molar-refractivity contribution in [2.45, 2.75) is 45.7 Å². The highest BCUT2D eigenvalue weighted by Crippen LogP contribution is 2.34. The van der Waals surface area contributed by atoms with Crippen molar-refractivity contribution in [3.63, 3.8) is 0 Å². The predicted octanol–water partition coefficient (Wildman–Crippen LogP) is 6.75. The Kier molecular flexibility index (Phi) is 8.20. The Morgan fingerprint density at radius 1 is 0.971 bits per heavy atom. The number of hydrogen-bond acceptors (Lipinski definition) is 3. The molecule has 1 amide bonds. The van der Waals surface area contributed by atoms with Crippen molar-refractivity contribution in [3.05, 3.63) is 99.0 Å². The first-order valence-corrected chi connectivity index (χ1v) is 13.8. The van der Waals surface area contributed by atoms with E-state index in [0.29, 0.717) is 16.8 Å². The van der Waals surface area contributed by atoms with Gasteiger partial charge >= 0.3 is 0 Å². The van der Waals surface area contributed by atoms with Gasteiger partial charge in [-0.2, -0.15) is 0 Å². The fraction of sp³-hybridized carbons (Fsp3) is 0.296. The highest BCUT2D eigenvalue weighted by atomic mass is 35.5. The maximum absolute atomic E-state index is 12.8. The van der Waals surface area contributed by atoms with Gasteiger partial charge in [-0.1, -0.05) is 86.4 Å². The number of carbonyl (C=O) groups excluding carboxylic acids is 1. The molecule has 0 saturated carbocycles. The van der Waals surface area contributed by atoms with Crippen molar-refractivity contribution < 1.29 is 13.2 Å². The highest BCUT2D eigenvalue weighted by Gasteiger charge is 2.22. The van der Waals surface area contributed by atoms with Gasteiger partial charge in [-0.25, -0.2) is 8.42 Å². The van der Waals surface area contributed by atoms with Crippen LogP contribution in [0, 0.1) is 0 Å². The summed E-state index contributed by atoms with van der Waals surface area (Å²) in [5.74, 6) is -0.207. The molecule has 0 saturated heterocycles. The number of hydrogen-bond donors (Lipinski definition) is 1. The van der Waals surface area contributed by atoms with Crippen LogP contribution in [0.2, 0.25) is 10.0 Å². The third-order valence-electron chi connectivity index (χ3n) is 5.77. The molecule has 0 bridgehead atoms. The molecule has 3 aromatic carbocycles. The summed E-state index contributed by atoms with van der Waals surface area (Å²) < 4.78 is 26.1. The number of anilines is 1. The van der Waals surface area contributed by atoms with Crippen LogP contribution >= 0.6 is 23.2 Å². The minimum atomic E-state index is -3.63. The number of nitrogens with zero attached hydrogens (tertiary/aromatic N) is 1. The second-order valence-corrected chi connectivity index (χ2v) is 12.3. The first kappa shape index (κ1) is 27.1. The monoisotopic (exact) mass is 532 g/mol. The number of rotatable bonds is 7. The van der Waals surface area contributed by atoms with Crippen LogP contribution in [0.1, 0.15) is 60.8 Å². The fourth-order valence-electron chi connectivity index (χ4n) is 3.63. The van der Waals surface area contributed by atoms with Crippen LogP contribution < -0.4 is 9.62 Å². The van der Waals surface area contributed by atoms with E-state index in [4.69, 9.17) is 23.2 Å². The van der Waals surface area contributed by atoms with Crippen LogP contribution in [0.25, 0.3) is 0 Å². The Morgan fingerprint density at radius 2 is 1.57 bits per heavy atom. The molecule has 0 aliphatic rings. The van der Waals surface area contributed by atoms with E-state index in [0.717, 1.165) is 11.8 Å². The number of nitrogens with one attached hydrogen (secondary N) is 1. The molecule has 0 aliphatic carbocycles. The van der Waals surface area contributed by atoms with E-state index in [9.17, 15) is 13.2 Å². The molecule has 186 valence electrons. The van der Waals surface area contributed by atoms with Crippen LogP contribution in [0.5, 0.6) is 0 Å². The second kappa shape index (κ2) is 10.6. The first-order chi connectivity index (χ1) is 16.3. The van der Waals surface area contributed by atoms with Crippen molar-refractivity contribution in [3.8, 4) is 0 Å². The van der Waals surface area contributed by atoms with Gasteiger partial charge < -0.3 is 5.32 Å². The average molecular weight is 534 g/mol. The van der Waals surface area contributed by atoms with Gasteiger partial charge in [0, 0.05) is 5.56 Å². The molecular weight excluding hydrogens is 503 g/mol. The zero-order valence-corrected chi connectivity index (χ0v) is 22.8. The lowest BCUT2D eigenvalue weighted by Crippen LogP contribution is -2.29. The molecule has 1 N–H and O–H groups in total. The molecule has 8 heteroatoms. The summed E-state index contributed by atoms with van der Waals surface area (Å²) in [6, 6.07) is 19.8. The minimum Gasteiger partial charge on any atom is -0.346 e. The Bertz CT molecular complexity index is 1300. The fourth-order valence-corrected chi connectivity index (χ4v) is 4.97. The topological polar surface area (TPSA) is 66.5 Å². The zero-order valence-electron chi connectivity index (χ0n) is 20.5. The molecule has 5 nitrogen and oxygen atoms in total. The van der Waals surface area contributed by atoms with Gasteiger partial charge in [0.1, 0.15) is 0 Å². The predicted molar refractivity (Wildman–Crippen MR) is 145 cm³/mol. The van der Waals surface area contributed by atoms with Crippen LogP contribution in [-0.2, 0) is 22.0 Å². The van der Waals surface area contributed by atoms with Gasteiger partial charge in [0.15, 0.2) is 0 Å². The van der Waals surface area contributed by atoms with Gasteiger partial charge in [-0.05, 0) is 53.3 Å². The van der Waals surface area contributed by atoms with Gasteiger partial charge in [-0.3, -0.25) is 9.10 Å². The Morgan fingerprint density at radius 3 is 2.11 bits per heavy atom. The highest BCUT2D eigenvalue weighted by molar-refractivity contribution is 7.92. The summed E-state index contributed by atoms with van der Waals surface area (Å²) >= 11 is 12.3. The van der Waals surface area contributed by atoms with E-state index in [2.05, 4.69) is 38.2 Å². The lowest BCUT2D eigenvalue weighted by molar-refractivity contribution is 0.0940. The summed E-state index contributed by atoms with van der Waals surface area (Å²) in [5.41, 5.74) is 3.81. The molecule has 1 atom stereocenters. The molecule has 0 heterocycles. The first-order valence-electron chi connectivity index (χ1n) is 11.2. The summed E-state index contributed by atoms with van der Waals surface area (Å²) in [4.78, 5) is 12.8. The van der Waals surface area contributed by atoms with E-state index >= 15 is 0 Å². The minimum absolute atomic E-state index is 0.0529. The summed E-state index contributed by atoms with van der Waals surface area (Å²) in [6.07, 6.45) is 1.11.